The lowest BCUT2D eigenvalue weighted by molar-refractivity contribution is -0.123. The van der Waals surface area contributed by atoms with Gasteiger partial charge in [-0.3, -0.25) is 9.52 Å². The third kappa shape index (κ3) is 7.68. The van der Waals surface area contributed by atoms with Crippen molar-refractivity contribution < 1.29 is 22.7 Å². The molecule has 2 rings (SSSR count). The molecule has 30 heavy (non-hydrogen) atoms. The minimum absolute atomic E-state index is 0.127. The van der Waals surface area contributed by atoms with E-state index in [0.29, 0.717) is 30.2 Å². The fourth-order valence-corrected chi connectivity index (χ4v) is 3.74. The second-order valence-corrected chi connectivity index (χ2v) is 8.99. The highest BCUT2D eigenvalue weighted by Crippen LogP contribution is 2.23. The third-order valence-corrected chi connectivity index (χ3v) is 5.59. The van der Waals surface area contributed by atoms with Gasteiger partial charge in [-0.15, -0.1) is 0 Å². The maximum atomic E-state index is 12.6. The van der Waals surface area contributed by atoms with Gasteiger partial charge in [0.2, 0.25) is 0 Å². The number of hydrogen-bond acceptors (Lipinski definition) is 5. The topological polar surface area (TPSA) is 93.7 Å². The van der Waals surface area contributed by atoms with Crippen molar-refractivity contribution in [3.8, 4) is 5.75 Å². The first-order valence-corrected chi connectivity index (χ1v) is 11.4. The van der Waals surface area contributed by atoms with E-state index >= 15 is 0 Å². The molecule has 2 aromatic rings. The molecule has 0 atom stereocenters. The van der Waals surface area contributed by atoms with Crippen LogP contribution in [0.3, 0.4) is 0 Å². The standard InChI is InChI=1S/C22H30N2O5S/c1-16(2)28-13-5-12-23-22(25)15-29-21-11-10-20(14-18(21)4)30(26,27)24-19-8-6-17(3)7-9-19/h6-11,14,16,24H,5,12-13,15H2,1-4H3,(H,23,25). The molecule has 7 nitrogen and oxygen atoms in total. The van der Waals surface area contributed by atoms with E-state index in [1.165, 1.54) is 12.1 Å². The molecule has 0 radical (unpaired) electrons. The molecule has 0 fully saturated rings. The summed E-state index contributed by atoms with van der Waals surface area (Å²) in [6, 6.07) is 11.6. The number of carbonyl (C=O) groups excluding carboxylic acids is 1. The van der Waals surface area contributed by atoms with Gasteiger partial charge in [-0.05, 0) is 70.0 Å². The van der Waals surface area contributed by atoms with Crippen LogP contribution in [0.2, 0.25) is 0 Å². The molecule has 2 aromatic carbocycles. The van der Waals surface area contributed by atoms with Crippen molar-refractivity contribution >= 4 is 21.6 Å². The summed E-state index contributed by atoms with van der Waals surface area (Å²) in [6.45, 7) is 8.55. The molecule has 0 saturated carbocycles. The maximum Gasteiger partial charge on any atom is 0.261 e. The summed E-state index contributed by atoms with van der Waals surface area (Å²) in [6.07, 6.45) is 0.898. The van der Waals surface area contributed by atoms with Gasteiger partial charge in [0, 0.05) is 18.8 Å². The molecule has 0 saturated heterocycles. The third-order valence-electron chi connectivity index (χ3n) is 4.21. The molecule has 0 unspecified atom stereocenters. The number of amides is 1. The molecular weight excluding hydrogens is 404 g/mol. The minimum Gasteiger partial charge on any atom is -0.484 e. The van der Waals surface area contributed by atoms with Gasteiger partial charge < -0.3 is 14.8 Å². The van der Waals surface area contributed by atoms with E-state index < -0.39 is 10.0 Å². The first-order valence-electron chi connectivity index (χ1n) is 9.88. The van der Waals surface area contributed by atoms with E-state index in [1.54, 1.807) is 25.1 Å². The summed E-state index contributed by atoms with van der Waals surface area (Å²) < 4.78 is 38.7. The van der Waals surface area contributed by atoms with Gasteiger partial charge in [-0.2, -0.15) is 0 Å². The van der Waals surface area contributed by atoms with Crippen molar-refractivity contribution in [2.45, 2.75) is 45.1 Å². The van der Waals surface area contributed by atoms with E-state index in [-0.39, 0.29) is 23.5 Å². The number of nitrogens with one attached hydrogen (secondary N) is 2. The number of anilines is 1. The van der Waals surface area contributed by atoms with Gasteiger partial charge in [-0.25, -0.2) is 8.42 Å². The van der Waals surface area contributed by atoms with Gasteiger partial charge in [0.1, 0.15) is 5.75 Å². The quantitative estimate of drug-likeness (QED) is 0.529. The lowest BCUT2D eigenvalue weighted by Crippen LogP contribution is -2.30. The Balaban J connectivity index is 1.88. The van der Waals surface area contributed by atoms with Crippen LogP contribution in [0.15, 0.2) is 47.4 Å². The van der Waals surface area contributed by atoms with Crippen molar-refractivity contribution in [3.05, 3.63) is 53.6 Å². The van der Waals surface area contributed by atoms with E-state index in [4.69, 9.17) is 9.47 Å². The Labute approximate surface area is 178 Å². The number of hydrogen-bond donors (Lipinski definition) is 2. The van der Waals surface area contributed by atoms with Crippen molar-refractivity contribution in [3.63, 3.8) is 0 Å². The Bertz CT molecular complexity index is 941. The van der Waals surface area contributed by atoms with Crippen molar-refractivity contribution in [1.82, 2.24) is 5.32 Å². The Kier molecular flexibility index (Phi) is 8.68. The summed E-state index contributed by atoms with van der Waals surface area (Å²) >= 11 is 0. The van der Waals surface area contributed by atoms with Crippen LogP contribution in [0.5, 0.6) is 5.75 Å². The van der Waals surface area contributed by atoms with Gasteiger partial charge in [0.05, 0.1) is 11.0 Å². The van der Waals surface area contributed by atoms with Crippen molar-refractivity contribution in [2.75, 3.05) is 24.5 Å². The smallest absolute Gasteiger partial charge is 0.261 e. The predicted octanol–water partition coefficient (Wildman–Crippen LogP) is 3.41. The number of ether oxygens (including phenoxy) is 2. The summed E-state index contributed by atoms with van der Waals surface area (Å²) in [7, 11) is -3.72. The predicted molar refractivity (Wildman–Crippen MR) is 117 cm³/mol. The largest absolute Gasteiger partial charge is 0.484 e. The van der Waals surface area contributed by atoms with Crippen molar-refractivity contribution in [2.24, 2.45) is 0 Å². The number of carbonyl (C=O) groups is 1. The van der Waals surface area contributed by atoms with E-state index in [1.807, 2.05) is 32.9 Å². The number of aryl methyl sites for hydroxylation is 2. The average Bonchev–Trinajstić information content (AvgIpc) is 2.68. The fraction of sp³-hybridized carbons (Fsp3) is 0.409. The SMILES string of the molecule is Cc1ccc(NS(=O)(=O)c2ccc(OCC(=O)NCCCOC(C)C)c(C)c2)cc1. The molecule has 0 spiro atoms. The number of benzene rings is 2. The summed E-state index contributed by atoms with van der Waals surface area (Å²) in [5.41, 5.74) is 2.16. The maximum absolute atomic E-state index is 12.6. The summed E-state index contributed by atoms with van der Waals surface area (Å²) in [5.74, 6) is 0.222. The molecule has 0 aliphatic carbocycles. The van der Waals surface area contributed by atoms with Crippen LogP contribution in [-0.4, -0.2) is 40.2 Å². The Morgan fingerprint density at radius 2 is 1.77 bits per heavy atom. The van der Waals surface area contributed by atoms with Crippen LogP contribution in [-0.2, 0) is 19.6 Å². The summed E-state index contributed by atoms with van der Waals surface area (Å²) in [4.78, 5) is 12.0. The van der Waals surface area contributed by atoms with Gasteiger partial charge in [-0.1, -0.05) is 17.7 Å². The second kappa shape index (κ2) is 11.0. The van der Waals surface area contributed by atoms with Crippen LogP contribution in [0, 0.1) is 13.8 Å². The zero-order valence-electron chi connectivity index (χ0n) is 17.9. The van der Waals surface area contributed by atoms with Gasteiger partial charge >= 0.3 is 0 Å². The second-order valence-electron chi connectivity index (χ2n) is 7.31. The highest BCUT2D eigenvalue weighted by atomic mass is 32.2. The lowest BCUT2D eigenvalue weighted by Gasteiger charge is -2.13. The molecule has 0 bridgehead atoms. The zero-order chi connectivity index (χ0) is 22.1. The Morgan fingerprint density at radius 1 is 1.07 bits per heavy atom. The van der Waals surface area contributed by atoms with E-state index in [0.717, 1.165) is 12.0 Å². The first kappa shape index (κ1) is 23.7. The highest BCUT2D eigenvalue weighted by molar-refractivity contribution is 7.92. The highest BCUT2D eigenvalue weighted by Gasteiger charge is 2.16. The lowest BCUT2D eigenvalue weighted by atomic mass is 10.2. The summed E-state index contributed by atoms with van der Waals surface area (Å²) in [5, 5.41) is 2.76. The first-order chi connectivity index (χ1) is 14.2. The van der Waals surface area contributed by atoms with E-state index in [2.05, 4.69) is 10.0 Å². The van der Waals surface area contributed by atoms with Crippen LogP contribution in [0.1, 0.15) is 31.4 Å². The molecule has 0 heterocycles. The molecule has 164 valence electrons. The molecule has 0 aromatic heterocycles. The molecule has 2 N–H and O–H groups in total. The molecule has 0 aliphatic heterocycles. The van der Waals surface area contributed by atoms with Crippen LogP contribution >= 0.6 is 0 Å². The average molecular weight is 435 g/mol. The number of sulfonamides is 1. The van der Waals surface area contributed by atoms with E-state index in [9.17, 15) is 13.2 Å². The monoisotopic (exact) mass is 434 g/mol. The van der Waals surface area contributed by atoms with Crippen molar-refractivity contribution in [1.29, 1.82) is 0 Å². The van der Waals surface area contributed by atoms with Crippen LogP contribution in [0.25, 0.3) is 0 Å². The minimum atomic E-state index is -3.72. The van der Waals surface area contributed by atoms with Crippen LogP contribution < -0.4 is 14.8 Å². The molecular formula is C22H30N2O5S. The van der Waals surface area contributed by atoms with Crippen LogP contribution in [0.4, 0.5) is 5.69 Å². The fourth-order valence-electron chi connectivity index (χ4n) is 2.60. The molecule has 1 amide bonds. The molecule has 0 aliphatic rings. The Morgan fingerprint density at radius 3 is 2.40 bits per heavy atom. The zero-order valence-corrected chi connectivity index (χ0v) is 18.7. The Hall–Kier alpha value is -2.58. The van der Waals surface area contributed by atoms with Gasteiger partial charge in [0.25, 0.3) is 15.9 Å². The normalized spacial score (nSPS) is 11.4. The van der Waals surface area contributed by atoms with Gasteiger partial charge in [0.15, 0.2) is 6.61 Å². The number of rotatable bonds is 11. The molecule has 8 heteroatoms.